The summed E-state index contributed by atoms with van der Waals surface area (Å²) in [4.78, 5) is 31.1. The van der Waals surface area contributed by atoms with Crippen LogP contribution in [0.5, 0.6) is 0 Å². The fraction of sp³-hybridized carbons (Fsp3) is 0.615. The van der Waals surface area contributed by atoms with Crippen molar-refractivity contribution in [1.29, 1.82) is 0 Å². The van der Waals surface area contributed by atoms with E-state index in [2.05, 4.69) is 10.3 Å². The molecule has 0 aliphatic carbocycles. The number of hydrogen-bond acceptors (Lipinski definition) is 4. The first-order chi connectivity index (χ1) is 8.97. The minimum Gasteiger partial charge on any atom is -0.344 e. The molecule has 0 saturated carbocycles. The Kier molecular flexibility index (Phi) is 4.19. The van der Waals surface area contributed by atoms with Gasteiger partial charge < -0.3 is 10.2 Å². The average molecular weight is 281 g/mol. The van der Waals surface area contributed by atoms with Crippen LogP contribution in [0.2, 0.25) is 0 Å². The molecule has 2 heterocycles. The smallest absolute Gasteiger partial charge is 0.245 e. The Morgan fingerprint density at radius 1 is 1.53 bits per heavy atom. The van der Waals surface area contributed by atoms with Crippen LogP contribution in [0.3, 0.4) is 0 Å². The van der Waals surface area contributed by atoms with E-state index in [1.54, 1.807) is 22.4 Å². The molecule has 1 unspecified atom stereocenters. The van der Waals surface area contributed by atoms with Gasteiger partial charge in [0, 0.05) is 24.0 Å². The number of rotatable bonds is 3. The number of aryl methyl sites for hydroxylation is 1. The number of carbonyl (C=O) groups excluding carboxylic acids is 2. The van der Waals surface area contributed by atoms with E-state index < -0.39 is 6.04 Å². The Labute approximate surface area is 117 Å². The molecule has 1 fully saturated rings. The SMILES string of the molecule is Cc1ncc(CN2CCC(=O)NC(C(C)C)C2=O)s1. The minimum atomic E-state index is -0.413. The molecule has 1 N–H and O–H groups in total. The number of thiazole rings is 1. The first-order valence-corrected chi connectivity index (χ1v) is 7.28. The van der Waals surface area contributed by atoms with Crippen molar-refractivity contribution in [2.75, 3.05) is 6.54 Å². The number of hydrogen-bond donors (Lipinski definition) is 1. The van der Waals surface area contributed by atoms with Crippen LogP contribution in [-0.4, -0.2) is 34.3 Å². The van der Waals surface area contributed by atoms with Gasteiger partial charge in [-0.3, -0.25) is 9.59 Å². The summed E-state index contributed by atoms with van der Waals surface area (Å²) in [6.07, 6.45) is 2.17. The summed E-state index contributed by atoms with van der Waals surface area (Å²) < 4.78 is 0. The summed E-state index contributed by atoms with van der Waals surface area (Å²) in [7, 11) is 0. The molecule has 2 rings (SSSR count). The third kappa shape index (κ3) is 3.32. The molecule has 2 amide bonds. The fourth-order valence-electron chi connectivity index (χ4n) is 2.13. The second-order valence-corrected chi connectivity index (χ2v) is 6.46. The predicted octanol–water partition coefficient (Wildman–Crippen LogP) is 1.32. The monoisotopic (exact) mass is 281 g/mol. The molecule has 6 heteroatoms. The molecule has 1 aromatic heterocycles. The number of amides is 2. The maximum Gasteiger partial charge on any atom is 0.245 e. The molecule has 0 radical (unpaired) electrons. The lowest BCUT2D eigenvalue weighted by Crippen LogP contribution is -2.47. The first kappa shape index (κ1) is 14.0. The summed E-state index contributed by atoms with van der Waals surface area (Å²) in [6, 6.07) is -0.413. The largest absolute Gasteiger partial charge is 0.344 e. The van der Waals surface area contributed by atoms with Crippen molar-refractivity contribution in [2.24, 2.45) is 5.92 Å². The Morgan fingerprint density at radius 3 is 2.84 bits per heavy atom. The zero-order chi connectivity index (χ0) is 14.0. The lowest BCUT2D eigenvalue weighted by atomic mass is 10.0. The molecule has 1 atom stereocenters. The molecule has 1 saturated heterocycles. The Hall–Kier alpha value is -1.43. The van der Waals surface area contributed by atoms with E-state index in [-0.39, 0.29) is 17.7 Å². The quantitative estimate of drug-likeness (QED) is 0.909. The lowest BCUT2D eigenvalue weighted by molar-refractivity contribution is -0.135. The molecule has 5 nitrogen and oxygen atoms in total. The Bertz CT molecular complexity index is 484. The van der Waals surface area contributed by atoms with E-state index in [9.17, 15) is 9.59 Å². The molecule has 0 bridgehead atoms. The van der Waals surface area contributed by atoms with E-state index >= 15 is 0 Å². The van der Waals surface area contributed by atoms with Crippen LogP contribution >= 0.6 is 11.3 Å². The predicted molar refractivity (Wildman–Crippen MR) is 73.7 cm³/mol. The minimum absolute atomic E-state index is 0.00639. The van der Waals surface area contributed by atoms with Gasteiger partial charge in [-0.25, -0.2) is 4.98 Å². The normalized spacial score (nSPS) is 20.6. The first-order valence-electron chi connectivity index (χ1n) is 6.47. The topological polar surface area (TPSA) is 62.3 Å². The van der Waals surface area contributed by atoms with Crippen LogP contribution in [0, 0.1) is 12.8 Å². The summed E-state index contributed by atoms with van der Waals surface area (Å²) in [5.41, 5.74) is 0. The molecular formula is C13H19N3O2S. The van der Waals surface area contributed by atoms with Gasteiger partial charge in [-0.15, -0.1) is 11.3 Å². The van der Waals surface area contributed by atoms with Gasteiger partial charge in [-0.05, 0) is 12.8 Å². The summed E-state index contributed by atoms with van der Waals surface area (Å²) in [5.74, 6) is 0.0576. The highest BCUT2D eigenvalue weighted by Crippen LogP contribution is 2.18. The van der Waals surface area contributed by atoms with Gasteiger partial charge >= 0.3 is 0 Å². The van der Waals surface area contributed by atoms with Crippen molar-refractivity contribution in [3.05, 3.63) is 16.1 Å². The molecule has 1 aromatic rings. The van der Waals surface area contributed by atoms with Crippen LogP contribution in [0.1, 0.15) is 30.2 Å². The molecule has 0 aromatic carbocycles. The van der Waals surface area contributed by atoms with Crippen molar-refractivity contribution in [2.45, 2.75) is 39.8 Å². The standard InChI is InChI=1S/C13H19N3O2S/c1-8(2)12-13(18)16(5-4-11(17)15-12)7-10-6-14-9(3)19-10/h6,8,12H,4-5,7H2,1-3H3,(H,15,17). The van der Waals surface area contributed by atoms with Crippen LogP contribution in [0.25, 0.3) is 0 Å². The fourth-order valence-corrected chi connectivity index (χ4v) is 2.94. The van der Waals surface area contributed by atoms with Gasteiger partial charge in [0.15, 0.2) is 0 Å². The maximum absolute atomic E-state index is 12.4. The third-order valence-electron chi connectivity index (χ3n) is 3.19. The van der Waals surface area contributed by atoms with Gasteiger partial charge in [0.2, 0.25) is 11.8 Å². The van der Waals surface area contributed by atoms with Gasteiger partial charge in [0.05, 0.1) is 11.6 Å². The van der Waals surface area contributed by atoms with E-state index in [0.29, 0.717) is 19.5 Å². The second kappa shape index (κ2) is 5.69. The zero-order valence-electron chi connectivity index (χ0n) is 11.5. The molecular weight excluding hydrogens is 262 g/mol. The van der Waals surface area contributed by atoms with Crippen molar-refractivity contribution in [3.8, 4) is 0 Å². The van der Waals surface area contributed by atoms with E-state index in [1.807, 2.05) is 20.8 Å². The molecule has 0 spiro atoms. The van der Waals surface area contributed by atoms with Crippen molar-refractivity contribution >= 4 is 23.2 Å². The Balaban J connectivity index is 2.14. The number of nitrogens with zero attached hydrogens (tertiary/aromatic N) is 2. The van der Waals surface area contributed by atoms with E-state index in [1.165, 1.54) is 0 Å². The summed E-state index contributed by atoms with van der Waals surface area (Å²) >= 11 is 1.59. The number of aromatic nitrogens is 1. The van der Waals surface area contributed by atoms with Crippen molar-refractivity contribution in [3.63, 3.8) is 0 Å². The molecule has 19 heavy (non-hydrogen) atoms. The summed E-state index contributed by atoms with van der Waals surface area (Å²) in [5, 5.41) is 3.80. The summed E-state index contributed by atoms with van der Waals surface area (Å²) in [6.45, 7) is 6.86. The number of carbonyl (C=O) groups is 2. The number of nitrogens with one attached hydrogen (secondary N) is 1. The van der Waals surface area contributed by atoms with Crippen molar-refractivity contribution in [1.82, 2.24) is 15.2 Å². The van der Waals surface area contributed by atoms with Crippen molar-refractivity contribution < 1.29 is 9.59 Å². The van der Waals surface area contributed by atoms with Gasteiger partial charge in [0.25, 0.3) is 0 Å². The molecule has 104 valence electrons. The van der Waals surface area contributed by atoms with Gasteiger partial charge in [-0.2, -0.15) is 0 Å². The van der Waals surface area contributed by atoms with Crippen LogP contribution in [0.15, 0.2) is 6.20 Å². The van der Waals surface area contributed by atoms with Gasteiger partial charge in [0.1, 0.15) is 6.04 Å². The lowest BCUT2D eigenvalue weighted by Gasteiger charge is -2.25. The van der Waals surface area contributed by atoms with E-state index in [4.69, 9.17) is 0 Å². The highest BCUT2D eigenvalue weighted by Gasteiger charge is 2.31. The van der Waals surface area contributed by atoms with E-state index in [0.717, 1.165) is 9.88 Å². The highest BCUT2D eigenvalue weighted by atomic mass is 32.1. The van der Waals surface area contributed by atoms with Crippen LogP contribution in [-0.2, 0) is 16.1 Å². The van der Waals surface area contributed by atoms with Gasteiger partial charge in [-0.1, -0.05) is 13.8 Å². The second-order valence-electron chi connectivity index (χ2n) is 5.14. The third-order valence-corrected chi connectivity index (χ3v) is 4.08. The van der Waals surface area contributed by atoms with Crippen LogP contribution in [0.4, 0.5) is 0 Å². The average Bonchev–Trinajstić information content (AvgIpc) is 2.69. The molecule has 1 aliphatic rings. The zero-order valence-corrected chi connectivity index (χ0v) is 12.3. The highest BCUT2D eigenvalue weighted by molar-refractivity contribution is 7.11. The van der Waals surface area contributed by atoms with Crippen LogP contribution < -0.4 is 5.32 Å². The maximum atomic E-state index is 12.4. The molecule has 1 aliphatic heterocycles. The Morgan fingerprint density at radius 2 is 2.26 bits per heavy atom.